The van der Waals surface area contributed by atoms with Crippen LogP contribution in [0, 0.1) is 6.92 Å². The number of rotatable bonds is 5. The maximum absolute atomic E-state index is 11.4. The molecule has 2 rings (SSSR count). The molecule has 22 heavy (non-hydrogen) atoms. The third-order valence-corrected chi connectivity index (χ3v) is 3.78. The van der Waals surface area contributed by atoms with Crippen LogP contribution in [0.25, 0.3) is 0 Å². The summed E-state index contributed by atoms with van der Waals surface area (Å²) in [5.41, 5.74) is 3.25. The number of ether oxygens (including phenoxy) is 2. The summed E-state index contributed by atoms with van der Waals surface area (Å²) in [4.78, 5) is 11.4. The Morgan fingerprint density at radius 3 is 2.59 bits per heavy atom. The van der Waals surface area contributed by atoms with Gasteiger partial charge >= 0.3 is 5.30 Å². The van der Waals surface area contributed by atoms with Crippen molar-refractivity contribution in [2.45, 2.75) is 26.9 Å². The Hall–Kier alpha value is -1.94. The molecule has 3 nitrogen and oxygen atoms in total. The van der Waals surface area contributed by atoms with E-state index in [4.69, 9.17) is 9.47 Å². The van der Waals surface area contributed by atoms with E-state index in [0.29, 0.717) is 12.4 Å². The minimum atomic E-state index is -0.323. The SMILES string of the molecule is CCc1ccc(OCc2ccccc2OC(=O)SC)c(C)c1. The zero-order valence-corrected chi connectivity index (χ0v) is 13.9. The maximum Gasteiger partial charge on any atom is 0.372 e. The lowest BCUT2D eigenvalue weighted by molar-refractivity contribution is 0.225. The normalized spacial score (nSPS) is 10.3. The molecule has 0 fully saturated rings. The highest BCUT2D eigenvalue weighted by atomic mass is 32.2. The Balaban J connectivity index is 2.10. The molecule has 116 valence electrons. The number of carbonyl (C=O) groups is 1. The Morgan fingerprint density at radius 1 is 1.14 bits per heavy atom. The van der Waals surface area contributed by atoms with Crippen LogP contribution in [0.2, 0.25) is 0 Å². The first-order valence-corrected chi connectivity index (χ1v) is 8.42. The highest BCUT2D eigenvalue weighted by Gasteiger charge is 2.09. The van der Waals surface area contributed by atoms with Crippen LogP contribution >= 0.6 is 11.8 Å². The van der Waals surface area contributed by atoms with Crippen LogP contribution in [-0.2, 0) is 13.0 Å². The summed E-state index contributed by atoms with van der Waals surface area (Å²) in [7, 11) is 0. The number of hydrogen-bond donors (Lipinski definition) is 0. The molecule has 0 saturated heterocycles. The molecule has 0 amide bonds. The fraction of sp³-hybridized carbons (Fsp3) is 0.278. The summed E-state index contributed by atoms with van der Waals surface area (Å²) < 4.78 is 11.2. The van der Waals surface area contributed by atoms with Gasteiger partial charge in [0.1, 0.15) is 18.1 Å². The van der Waals surface area contributed by atoms with Crippen LogP contribution < -0.4 is 9.47 Å². The van der Waals surface area contributed by atoms with E-state index in [1.807, 2.05) is 31.2 Å². The van der Waals surface area contributed by atoms with E-state index in [-0.39, 0.29) is 5.30 Å². The lowest BCUT2D eigenvalue weighted by atomic mass is 10.1. The minimum Gasteiger partial charge on any atom is -0.488 e. The molecule has 0 aliphatic heterocycles. The molecular weight excluding hydrogens is 296 g/mol. The highest BCUT2D eigenvalue weighted by molar-refractivity contribution is 8.12. The zero-order chi connectivity index (χ0) is 15.9. The smallest absolute Gasteiger partial charge is 0.372 e. The molecule has 0 heterocycles. The van der Waals surface area contributed by atoms with E-state index in [9.17, 15) is 4.79 Å². The van der Waals surface area contributed by atoms with E-state index in [2.05, 4.69) is 19.1 Å². The van der Waals surface area contributed by atoms with E-state index in [1.165, 1.54) is 5.56 Å². The average molecular weight is 316 g/mol. The van der Waals surface area contributed by atoms with Crippen molar-refractivity contribution >= 4 is 17.1 Å². The van der Waals surface area contributed by atoms with Crippen molar-refractivity contribution < 1.29 is 14.3 Å². The van der Waals surface area contributed by atoms with Gasteiger partial charge in [-0.25, -0.2) is 4.79 Å². The molecule has 0 aliphatic carbocycles. The fourth-order valence-electron chi connectivity index (χ4n) is 2.10. The van der Waals surface area contributed by atoms with Crippen molar-refractivity contribution in [1.82, 2.24) is 0 Å². The number of carbonyl (C=O) groups excluding carboxylic acids is 1. The number of aryl methyl sites for hydroxylation is 2. The number of hydrogen-bond acceptors (Lipinski definition) is 4. The summed E-state index contributed by atoms with van der Waals surface area (Å²) in [6.45, 7) is 4.53. The Morgan fingerprint density at radius 2 is 1.91 bits per heavy atom. The molecule has 0 radical (unpaired) electrons. The summed E-state index contributed by atoms with van der Waals surface area (Å²) in [6.07, 6.45) is 2.70. The molecular formula is C18H20O3S. The molecule has 0 N–H and O–H groups in total. The number of benzene rings is 2. The van der Waals surface area contributed by atoms with E-state index < -0.39 is 0 Å². The van der Waals surface area contributed by atoms with Crippen molar-refractivity contribution in [3.63, 3.8) is 0 Å². The summed E-state index contributed by atoms with van der Waals surface area (Å²) in [5.74, 6) is 1.40. The Kier molecular flexibility index (Phi) is 5.90. The lowest BCUT2D eigenvalue weighted by Gasteiger charge is -2.13. The Bertz CT molecular complexity index is 653. The predicted molar refractivity (Wildman–Crippen MR) is 90.9 cm³/mol. The lowest BCUT2D eigenvalue weighted by Crippen LogP contribution is -2.05. The standard InChI is InChI=1S/C18H20O3S/c1-4-14-9-10-16(13(2)11-14)20-12-15-7-5-6-8-17(15)21-18(19)22-3/h5-11H,4,12H2,1-3H3. The first-order chi connectivity index (χ1) is 10.6. The average Bonchev–Trinajstić information content (AvgIpc) is 2.54. The van der Waals surface area contributed by atoms with Crippen LogP contribution in [0.15, 0.2) is 42.5 Å². The first kappa shape index (κ1) is 16.4. The third kappa shape index (κ3) is 4.28. The highest BCUT2D eigenvalue weighted by Crippen LogP contribution is 2.24. The van der Waals surface area contributed by atoms with Gasteiger partial charge in [0.15, 0.2) is 0 Å². The maximum atomic E-state index is 11.4. The molecule has 0 aromatic heterocycles. The molecule has 2 aromatic carbocycles. The van der Waals surface area contributed by atoms with Gasteiger partial charge in [-0.1, -0.05) is 37.3 Å². The number of thioether (sulfide) groups is 1. The van der Waals surface area contributed by atoms with E-state index >= 15 is 0 Å². The molecule has 0 bridgehead atoms. The first-order valence-electron chi connectivity index (χ1n) is 7.20. The fourth-order valence-corrected chi connectivity index (χ4v) is 2.28. The van der Waals surface area contributed by atoms with Crippen LogP contribution in [0.4, 0.5) is 4.79 Å². The van der Waals surface area contributed by atoms with Crippen LogP contribution in [0.1, 0.15) is 23.6 Å². The second kappa shape index (κ2) is 7.90. The molecule has 0 saturated carbocycles. The molecule has 4 heteroatoms. The monoisotopic (exact) mass is 316 g/mol. The second-order valence-corrected chi connectivity index (χ2v) is 5.65. The van der Waals surface area contributed by atoms with Gasteiger partial charge in [-0.3, -0.25) is 0 Å². The van der Waals surface area contributed by atoms with Crippen molar-refractivity contribution in [2.24, 2.45) is 0 Å². The van der Waals surface area contributed by atoms with Crippen molar-refractivity contribution in [1.29, 1.82) is 0 Å². The van der Waals surface area contributed by atoms with Crippen LogP contribution in [-0.4, -0.2) is 11.6 Å². The van der Waals surface area contributed by atoms with Gasteiger partial charge in [-0.15, -0.1) is 0 Å². The second-order valence-electron chi connectivity index (χ2n) is 4.91. The quantitative estimate of drug-likeness (QED) is 0.727. The van der Waals surface area contributed by atoms with Crippen LogP contribution in [0.3, 0.4) is 0 Å². The molecule has 0 atom stereocenters. The summed E-state index contributed by atoms with van der Waals surface area (Å²) in [6, 6.07) is 13.6. The van der Waals surface area contributed by atoms with Gasteiger partial charge in [0.25, 0.3) is 0 Å². The third-order valence-electron chi connectivity index (χ3n) is 3.36. The zero-order valence-electron chi connectivity index (χ0n) is 13.1. The van der Waals surface area contributed by atoms with Crippen molar-refractivity contribution in [3.05, 3.63) is 59.2 Å². The van der Waals surface area contributed by atoms with Crippen molar-refractivity contribution in [3.8, 4) is 11.5 Å². The number of para-hydroxylation sites is 1. The van der Waals surface area contributed by atoms with Gasteiger partial charge in [0.2, 0.25) is 0 Å². The molecule has 0 spiro atoms. The summed E-state index contributed by atoms with van der Waals surface area (Å²) in [5, 5.41) is -0.323. The van der Waals surface area contributed by atoms with Crippen molar-refractivity contribution in [2.75, 3.05) is 6.26 Å². The minimum absolute atomic E-state index is 0.323. The Labute approximate surface area is 135 Å². The van der Waals surface area contributed by atoms with E-state index in [0.717, 1.165) is 35.1 Å². The molecule has 0 aliphatic rings. The van der Waals surface area contributed by atoms with E-state index in [1.54, 1.807) is 12.3 Å². The van der Waals surface area contributed by atoms with Gasteiger partial charge in [0.05, 0.1) is 0 Å². The van der Waals surface area contributed by atoms with Gasteiger partial charge < -0.3 is 9.47 Å². The molecule has 2 aromatic rings. The topological polar surface area (TPSA) is 35.5 Å². The largest absolute Gasteiger partial charge is 0.488 e. The van der Waals surface area contributed by atoms with Crippen LogP contribution in [0.5, 0.6) is 11.5 Å². The van der Waals surface area contributed by atoms with Gasteiger partial charge in [-0.05, 0) is 54.6 Å². The van der Waals surface area contributed by atoms with Gasteiger partial charge in [0, 0.05) is 5.56 Å². The predicted octanol–water partition coefficient (Wildman–Crippen LogP) is 5.00. The molecule has 0 unspecified atom stereocenters. The van der Waals surface area contributed by atoms with Gasteiger partial charge in [-0.2, -0.15) is 0 Å². The summed E-state index contributed by atoms with van der Waals surface area (Å²) >= 11 is 1.05.